The summed E-state index contributed by atoms with van der Waals surface area (Å²) in [7, 11) is 0. The van der Waals surface area contributed by atoms with Gasteiger partial charge < -0.3 is 20.1 Å². The molecule has 2 saturated heterocycles. The fourth-order valence-corrected chi connectivity index (χ4v) is 7.68. The molecule has 2 spiro atoms. The SMILES string of the molecule is CC1(C)[C@@H]2CC[C@@]3(COC(=O)N3)[C@H]1C2.CC1(C)[C@@H]2CC[C@@]3(COC(=O)N3)[C@H]1C2. The lowest BCUT2D eigenvalue weighted by Crippen LogP contribution is -2.66. The maximum atomic E-state index is 11.2. The Morgan fingerprint density at radius 2 is 1.14 bits per heavy atom. The molecule has 6 heteroatoms. The van der Waals surface area contributed by atoms with E-state index in [1.165, 1.54) is 25.7 Å². The van der Waals surface area contributed by atoms with E-state index in [9.17, 15) is 9.59 Å². The second-order valence-electron chi connectivity index (χ2n) is 11.4. The van der Waals surface area contributed by atoms with E-state index < -0.39 is 0 Å². The monoisotopic (exact) mass is 390 g/mol. The molecule has 6 atom stereocenters. The summed E-state index contributed by atoms with van der Waals surface area (Å²) >= 11 is 0. The van der Waals surface area contributed by atoms with Gasteiger partial charge in [0.15, 0.2) is 0 Å². The van der Waals surface area contributed by atoms with Gasteiger partial charge in [-0.1, -0.05) is 27.7 Å². The van der Waals surface area contributed by atoms with Gasteiger partial charge in [0.25, 0.3) is 0 Å². The largest absolute Gasteiger partial charge is 0.447 e. The number of rotatable bonds is 0. The summed E-state index contributed by atoms with van der Waals surface area (Å²) in [6.45, 7) is 10.5. The Morgan fingerprint density at radius 1 is 0.750 bits per heavy atom. The van der Waals surface area contributed by atoms with Crippen LogP contribution < -0.4 is 10.6 Å². The number of nitrogens with one attached hydrogen (secondary N) is 2. The second-order valence-corrected chi connectivity index (χ2v) is 11.4. The van der Waals surface area contributed by atoms with E-state index in [0.29, 0.717) is 35.9 Å². The number of ether oxygens (including phenoxy) is 2. The molecule has 6 aliphatic carbocycles. The number of hydrogen-bond acceptors (Lipinski definition) is 4. The van der Waals surface area contributed by atoms with Gasteiger partial charge in [0.2, 0.25) is 0 Å². The molecule has 2 heterocycles. The maximum absolute atomic E-state index is 11.2. The minimum Gasteiger partial charge on any atom is -0.447 e. The molecule has 0 radical (unpaired) electrons. The fourth-order valence-electron chi connectivity index (χ4n) is 7.68. The van der Waals surface area contributed by atoms with Gasteiger partial charge in [0.05, 0.1) is 11.1 Å². The van der Waals surface area contributed by atoms with Crippen molar-refractivity contribution in [3.8, 4) is 0 Å². The fraction of sp³-hybridized carbons (Fsp3) is 0.909. The molecule has 2 N–H and O–H groups in total. The average Bonchev–Trinajstić information content (AvgIpc) is 3.17. The van der Waals surface area contributed by atoms with Crippen molar-refractivity contribution in [1.82, 2.24) is 10.6 Å². The molecule has 6 nitrogen and oxygen atoms in total. The lowest BCUT2D eigenvalue weighted by Gasteiger charge is -2.63. The van der Waals surface area contributed by atoms with Crippen molar-refractivity contribution >= 4 is 12.2 Å². The molecule has 2 aliphatic heterocycles. The predicted octanol–water partition coefficient (Wildman–Crippen LogP) is 3.84. The summed E-state index contributed by atoms with van der Waals surface area (Å²) in [6.07, 6.45) is 6.82. The third kappa shape index (κ3) is 2.32. The summed E-state index contributed by atoms with van der Waals surface area (Å²) in [6, 6.07) is 0. The van der Waals surface area contributed by atoms with Crippen molar-refractivity contribution in [2.24, 2.45) is 34.5 Å². The molecule has 0 aromatic carbocycles. The van der Waals surface area contributed by atoms with Crippen LogP contribution in [-0.4, -0.2) is 36.5 Å². The molecule has 2 amide bonds. The van der Waals surface area contributed by atoms with Gasteiger partial charge in [-0.15, -0.1) is 0 Å². The maximum Gasteiger partial charge on any atom is 0.407 e. The number of alkyl carbamates (subject to hydrolysis) is 2. The molecule has 28 heavy (non-hydrogen) atoms. The summed E-state index contributed by atoms with van der Waals surface area (Å²) in [5.74, 6) is 2.99. The number of amides is 2. The van der Waals surface area contributed by atoms with Crippen LogP contribution in [0, 0.1) is 34.5 Å². The zero-order valence-corrected chi connectivity index (χ0v) is 17.6. The van der Waals surface area contributed by atoms with Crippen molar-refractivity contribution in [3.05, 3.63) is 0 Å². The molecule has 8 aliphatic rings. The number of fused-ring (bicyclic) bond motifs is 2. The molecule has 0 aromatic heterocycles. The second kappa shape index (κ2) is 5.57. The lowest BCUT2D eigenvalue weighted by molar-refractivity contribution is -0.124. The highest BCUT2D eigenvalue weighted by Gasteiger charge is 2.64. The van der Waals surface area contributed by atoms with Crippen LogP contribution >= 0.6 is 0 Å². The molecule has 0 unspecified atom stereocenters. The van der Waals surface area contributed by atoms with Crippen molar-refractivity contribution in [2.75, 3.05) is 13.2 Å². The molecular weight excluding hydrogens is 356 g/mol. The Bertz CT molecular complexity index is 655. The predicted molar refractivity (Wildman–Crippen MR) is 104 cm³/mol. The highest BCUT2D eigenvalue weighted by atomic mass is 16.6. The van der Waals surface area contributed by atoms with Crippen LogP contribution in [-0.2, 0) is 9.47 Å². The van der Waals surface area contributed by atoms with E-state index in [1.54, 1.807) is 0 Å². The van der Waals surface area contributed by atoms with E-state index in [-0.39, 0.29) is 23.3 Å². The van der Waals surface area contributed by atoms with E-state index in [2.05, 4.69) is 38.3 Å². The number of cyclic esters (lactones) is 2. The van der Waals surface area contributed by atoms with Crippen LogP contribution in [0.5, 0.6) is 0 Å². The molecule has 0 aromatic rings. The Balaban J connectivity index is 0.000000122. The highest BCUT2D eigenvalue weighted by molar-refractivity contribution is 5.71. The van der Waals surface area contributed by atoms with Gasteiger partial charge in [-0.05, 0) is 73.0 Å². The van der Waals surface area contributed by atoms with Crippen LogP contribution in [0.2, 0.25) is 0 Å². The molecule has 4 bridgehead atoms. The van der Waals surface area contributed by atoms with Gasteiger partial charge in [-0.3, -0.25) is 0 Å². The Kier molecular flexibility index (Phi) is 3.69. The van der Waals surface area contributed by atoms with Crippen molar-refractivity contribution in [1.29, 1.82) is 0 Å². The Labute approximate surface area is 167 Å². The zero-order valence-electron chi connectivity index (χ0n) is 17.6. The van der Waals surface area contributed by atoms with Gasteiger partial charge in [-0.2, -0.15) is 0 Å². The van der Waals surface area contributed by atoms with Crippen LogP contribution in [0.4, 0.5) is 9.59 Å². The van der Waals surface area contributed by atoms with Crippen LogP contribution in [0.15, 0.2) is 0 Å². The quantitative estimate of drug-likeness (QED) is 0.659. The van der Waals surface area contributed by atoms with Crippen LogP contribution in [0.3, 0.4) is 0 Å². The minimum absolute atomic E-state index is 0.0185. The smallest absolute Gasteiger partial charge is 0.407 e. The normalized spacial score (nSPS) is 48.3. The standard InChI is InChI=1S/2C11H17NO2/c2*1-10(2)7-3-4-11(8(10)5-7)6-14-9(13)12-11/h2*7-8H,3-6H2,1-2H3,(H,12,13)/t2*7-,8+,11-/m11/s1. The topological polar surface area (TPSA) is 76.7 Å². The zero-order chi connectivity index (χ0) is 19.9. The molecule has 8 fully saturated rings. The number of carbonyl (C=O) groups is 2. The Hall–Kier alpha value is -1.46. The first kappa shape index (κ1) is 18.6. The lowest BCUT2D eigenvalue weighted by atomic mass is 9.43. The van der Waals surface area contributed by atoms with Crippen molar-refractivity contribution in [3.63, 3.8) is 0 Å². The number of hydrogen-bond donors (Lipinski definition) is 2. The number of carbonyl (C=O) groups excluding carboxylic acids is 2. The first-order valence-corrected chi connectivity index (χ1v) is 11.0. The van der Waals surface area contributed by atoms with Crippen molar-refractivity contribution in [2.45, 2.75) is 77.3 Å². The molecule has 6 saturated carbocycles. The average molecular weight is 391 g/mol. The first-order valence-electron chi connectivity index (χ1n) is 11.0. The summed E-state index contributed by atoms with van der Waals surface area (Å²) in [5.41, 5.74) is 0.767. The molecule has 156 valence electrons. The van der Waals surface area contributed by atoms with Crippen LogP contribution in [0.25, 0.3) is 0 Å². The van der Waals surface area contributed by atoms with E-state index in [4.69, 9.17) is 9.47 Å². The van der Waals surface area contributed by atoms with Crippen molar-refractivity contribution < 1.29 is 19.1 Å². The van der Waals surface area contributed by atoms with Gasteiger partial charge in [0, 0.05) is 0 Å². The third-order valence-electron chi connectivity index (χ3n) is 9.78. The summed E-state index contributed by atoms with van der Waals surface area (Å²) in [4.78, 5) is 22.3. The van der Waals surface area contributed by atoms with E-state index >= 15 is 0 Å². The molecular formula is C22H34N2O4. The highest BCUT2D eigenvalue weighted by Crippen LogP contribution is 2.64. The minimum atomic E-state index is -0.217. The van der Waals surface area contributed by atoms with Crippen LogP contribution in [0.1, 0.15) is 66.2 Å². The summed E-state index contributed by atoms with van der Waals surface area (Å²) in [5, 5.41) is 6.10. The van der Waals surface area contributed by atoms with E-state index in [0.717, 1.165) is 24.7 Å². The summed E-state index contributed by atoms with van der Waals surface area (Å²) < 4.78 is 10.2. The van der Waals surface area contributed by atoms with Gasteiger partial charge in [-0.25, -0.2) is 9.59 Å². The first-order chi connectivity index (χ1) is 13.1. The van der Waals surface area contributed by atoms with E-state index in [1.807, 2.05) is 0 Å². The Morgan fingerprint density at radius 3 is 1.39 bits per heavy atom. The van der Waals surface area contributed by atoms with Gasteiger partial charge in [0.1, 0.15) is 13.2 Å². The molecule has 8 rings (SSSR count). The third-order valence-corrected chi connectivity index (χ3v) is 9.78. The van der Waals surface area contributed by atoms with Gasteiger partial charge >= 0.3 is 12.2 Å².